The normalized spacial score (nSPS) is 11.6. The van der Waals surface area contributed by atoms with Crippen molar-refractivity contribution in [3.8, 4) is 22.8 Å². The van der Waals surface area contributed by atoms with Gasteiger partial charge in [0.2, 0.25) is 0 Å². The quantitative estimate of drug-likeness (QED) is 0.384. The number of halogens is 2. The number of nitrogens with zero attached hydrogens (tertiary/aromatic N) is 4. The average molecular weight is 509 g/mol. The van der Waals surface area contributed by atoms with Gasteiger partial charge in [0.15, 0.2) is 5.82 Å². The molecule has 0 aliphatic heterocycles. The zero-order valence-electron chi connectivity index (χ0n) is 20.6. The largest absolute Gasteiger partial charge is 0.488 e. The second-order valence-corrected chi connectivity index (χ2v) is 9.54. The second-order valence-electron chi connectivity index (χ2n) is 9.14. The molecule has 0 aliphatic rings. The first-order valence-electron chi connectivity index (χ1n) is 11.3. The molecule has 9 heteroatoms. The Hall–Kier alpha value is -3.62. The van der Waals surface area contributed by atoms with Crippen LogP contribution in [0, 0.1) is 26.6 Å². The molecule has 3 heterocycles. The SMILES string of the molecule is Cc1cnc(C(C)(C)O)nc1-c1cc(-n2c(C)cc(OCc3ccc(F)cc3)c(C)c2=O)c(Cl)cn1. The van der Waals surface area contributed by atoms with E-state index in [-0.39, 0.29) is 28.8 Å². The van der Waals surface area contributed by atoms with Gasteiger partial charge in [-0.2, -0.15) is 0 Å². The fraction of sp³-hybridized carbons (Fsp3) is 0.259. The molecule has 0 saturated carbocycles. The molecule has 0 unspecified atom stereocenters. The number of pyridine rings is 2. The number of aliphatic hydroxyl groups is 1. The summed E-state index contributed by atoms with van der Waals surface area (Å²) in [6.45, 7) is 8.71. The number of hydrogen-bond donors (Lipinski definition) is 1. The van der Waals surface area contributed by atoms with Crippen molar-refractivity contribution >= 4 is 11.6 Å². The van der Waals surface area contributed by atoms with Crippen molar-refractivity contribution in [2.24, 2.45) is 0 Å². The number of hydrogen-bond acceptors (Lipinski definition) is 6. The molecular weight excluding hydrogens is 483 g/mol. The average Bonchev–Trinajstić information content (AvgIpc) is 2.82. The molecule has 0 saturated heterocycles. The van der Waals surface area contributed by atoms with Crippen molar-refractivity contribution in [2.45, 2.75) is 46.8 Å². The van der Waals surface area contributed by atoms with Crippen LogP contribution >= 0.6 is 11.6 Å². The highest BCUT2D eigenvalue weighted by molar-refractivity contribution is 6.32. The standard InChI is InChI=1S/C27H26ClFN4O3/c1-15-12-31-26(27(4,5)35)32-24(15)21-11-22(20(28)13-30-21)33-16(2)10-23(17(3)25(33)34)36-14-18-6-8-19(29)9-7-18/h6-13,35H,14H2,1-5H3. The van der Waals surface area contributed by atoms with E-state index in [1.165, 1.54) is 22.9 Å². The maximum absolute atomic E-state index is 13.4. The van der Waals surface area contributed by atoms with E-state index in [1.54, 1.807) is 58.2 Å². The van der Waals surface area contributed by atoms with E-state index in [4.69, 9.17) is 16.3 Å². The third-order valence-corrected chi connectivity index (χ3v) is 6.02. The Morgan fingerprint density at radius 2 is 1.78 bits per heavy atom. The molecule has 0 aliphatic carbocycles. The first kappa shape index (κ1) is 25.5. The first-order valence-corrected chi connectivity index (χ1v) is 11.7. The van der Waals surface area contributed by atoms with Crippen molar-refractivity contribution in [1.29, 1.82) is 0 Å². The second kappa shape index (κ2) is 9.79. The van der Waals surface area contributed by atoms with Crippen LogP contribution in [0.5, 0.6) is 5.75 Å². The Kier molecular flexibility index (Phi) is 6.93. The van der Waals surface area contributed by atoms with Gasteiger partial charge in [-0.05, 0) is 63.9 Å². The van der Waals surface area contributed by atoms with Crippen LogP contribution in [0.3, 0.4) is 0 Å². The molecule has 4 aromatic rings. The molecule has 1 aromatic carbocycles. The highest BCUT2D eigenvalue weighted by Crippen LogP contribution is 2.29. The summed E-state index contributed by atoms with van der Waals surface area (Å²) >= 11 is 6.50. The lowest BCUT2D eigenvalue weighted by atomic mass is 10.1. The Balaban J connectivity index is 1.75. The number of aryl methyl sites for hydroxylation is 2. The summed E-state index contributed by atoms with van der Waals surface area (Å²) in [7, 11) is 0. The van der Waals surface area contributed by atoms with E-state index >= 15 is 0 Å². The molecule has 3 aromatic heterocycles. The van der Waals surface area contributed by atoms with E-state index in [0.29, 0.717) is 34.1 Å². The van der Waals surface area contributed by atoms with Gasteiger partial charge in [0, 0.05) is 24.2 Å². The third kappa shape index (κ3) is 5.15. The molecule has 0 bridgehead atoms. The monoisotopic (exact) mass is 508 g/mol. The van der Waals surface area contributed by atoms with Crippen LogP contribution in [-0.4, -0.2) is 24.6 Å². The zero-order valence-corrected chi connectivity index (χ0v) is 21.4. The fourth-order valence-electron chi connectivity index (χ4n) is 3.71. The minimum absolute atomic E-state index is 0.195. The summed E-state index contributed by atoms with van der Waals surface area (Å²) in [5.74, 6) is 0.369. The van der Waals surface area contributed by atoms with Gasteiger partial charge in [0.05, 0.1) is 27.7 Å². The molecule has 0 amide bonds. The highest BCUT2D eigenvalue weighted by Gasteiger charge is 2.22. The molecule has 0 radical (unpaired) electrons. The number of ether oxygens (including phenoxy) is 1. The smallest absolute Gasteiger partial charge is 0.261 e. The molecule has 0 fully saturated rings. The number of benzene rings is 1. The van der Waals surface area contributed by atoms with Crippen molar-refractivity contribution < 1.29 is 14.2 Å². The van der Waals surface area contributed by atoms with Gasteiger partial charge in [-0.3, -0.25) is 14.3 Å². The Labute approximate surface area is 213 Å². The van der Waals surface area contributed by atoms with Gasteiger partial charge >= 0.3 is 0 Å². The minimum atomic E-state index is -1.23. The van der Waals surface area contributed by atoms with E-state index in [0.717, 1.165) is 11.1 Å². The van der Waals surface area contributed by atoms with Gasteiger partial charge in [0.1, 0.15) is 23.8 Å². The molecular formula is C27H26ClFN4O3. The van der Waals surface area contributed by atoms with Crippen LogP contribution in [0.15, 0.2) is 53.6 Å². The summed E-state index contributed by atoms with van der Waals surface area (Å²) in [6, 6.07) is 9.45. The Morgan fingerprint density at radius 1 is 1.08 bits per heavy atom. The van der Waals surface area contributed by atoms with E-state index in [1.807, 2.05) is 6.92 Å². The lowest BCUT2D eigenvalue weighted by Gasteiger charge is -2.18. The predicted molar refractivity (Wildman–Crippen MR) is 136 cm³/mol. The lowest BCUT2D eigenvalue weighted by Crippen LogP contribution is -2.24. The summed E-state index contributed by atoms with van der Waals surface area (Å²) in [5, 5.41) is 10.6. The van der Waals surface area contributed by atoms with E-state index in [9.17, 15) is 14.3 Å². The van der Waals surface area contributed by atoms with Crippen molar-refractivity contribution in [1.82, 2.24) is 19.5 Å². The topological polar surface area (TPSA) is 90.1 Å². The van der Waals surface area contributed by atoms with E-state index in [2.05, 4.69) is 15.0 Å². The number of rotatable bonds is 6. The molecule has 1 N–H and O–H groups in total. The fourth-order valence-corrected chi connectivity index (χ4v) is 3.90. The molecule has 0 spiro atoms. The maximum Gasteiger partial charge on any atom is 0.261 e. The van der Waals surface area contributed by atoms with Crippen LogP contribution in [0.4, 0.5) is 4.39 Å². The molecule has 7 nitrogen and oxygen atoms in total. The minimum Gasteiger partial charge on any atom is -0.488 e. The highest BCUT2D eigenvalue weighted by atomic mass is 35.5. The van der Waals surface area contributed by atoms with E-state index < -0.39 is 5.60 Å². The Bertz CT molecular complexity index is 1500. The predicted octanol–water partition coefficient (Wildman–Crippen LogP) is 5.21. The van der Waals surface area contributed by atoms with Crippen molar-refractivity contribution in [3.05, 3.63) is 98.2 Å². The van der Waals surface area contributed by atoms with Crippen molar-refractivity contribution in [3.63, 3.8) is 0 Å². The molecule has 186 valence electrons. The number of aromatic nitrogens is 4. The van der Waals surface area contributed by atoms with Gasteiger partial charge in [-0.1, -0.05) is 23.7 Å². The van der Waals surface area contributed by atoms with Gasteiger partial charge in [-0.15, -0.1) is 0 Å². The third-order valence-electron chi connectivity index (χ3n) is 5.73. The van der Waals surface area contributed by atoms with Crippen LogP contribution < -0.4 is 10.3 Å². The zero-order chi connectivity index (χ0) is 26.2. The summed E-state index contributed by atoms with van der Waals surface area (Å²) in [4.78, 5) is 26.6. The van der Waals surface area contributed by atoms with Crippen molar-refractivity contribution in [2.75, 3.05) is 0 Å². The molecule has 0 atom stereocenters. The lowest BCUT2D eigenvalue weighted by molar-refractivity contribution is 0.0688. The molecule has 36 heavy (non-hydrogen) atoms. The summed E-state index contributed by atoms with van der Waals surface area (Å²) in [6.07, 6.45) is 3.10. The van der Waals surface area contributed by atoms with Crippen LogP contribution in [-0.2, 0) is 12.2 Å². The summed E-state index contributed by atoms with van der Waals surface area (Å²) < 4.78 is 20.5. The van der Waals surface area contributed by atoms with Crippen LogP contribution in [0.2, 0.25) is 5.02 Å². The molecule has 4 rings (SSSR count). The van der Waals surface area contributed by atoms with Gasteiger partial charge in [0.25, 0.3) is 5.56 Å². The Morgan fingerprint density at radius 3 is 2.44 bits per heavy atom. The van der Waals surface area contributed by atoms with Gasteiger partial charge < -0.3 is 9.84 Å². The summed E-state index contributed by atoms with van der Waals surface area (Å²) in [5.41, 5.74) is 2.49. The first-order chi connectivity index (χ1) is 17.0. The van der Waals surface area contributed by atoms with Crippen LogP contribution in [0.1, 0.15) is 42.1 Å². The van der Waals surface area contributed by atoms with Crippen LogP contribution in [0.25, 0.3) is 17.1 Å². The van der Waals surface area contributed by atoms with Gasteiger partial charge in [-0.25, -0.2) is 14.4 Å². The maximum atomic E-state index is 13.4.